The fourth-order valence-electron chi connectivity index (χ4n) is 2.50. The van der Waals surface area contributed by atoms with Gasteiger partial charge in [-0.25, -0.2) is 4.98 Å². The summed E-state index contributed by atoms with van der Waals surface area (Å²) in [6.07, 6.45) is 2.59. The van der Waals surface area contributed by atoms with Crippen LogP contribution in [0.1, 0.15) is 30.5 Å². The minimum atomic E-state index is 0.305. The Balaban J connectivity index is 1.86. The van der Waals surface area contributed by atoms with Gasteiger partial charge in [0.2, 0.25) is 0 Å². The average molecular weight is 239 g/mol. The maximum absolute atomic E-state index is 4.50. The maximum Gasteiger partial charge on any atom is 0.0897 e. The number of likely N-dealkylation sites (N-methyl/N-ethyl adjacent to an activating group) is 1. The Labute approximate surface area is 102 Å². The monoisotopic (exact) mass is 239 g/mol. The lowest BCUT2D eigenvalue weighted by Crippen LogP contribution is -2.46. The van der Waals surface area contributed by atoms with Crippen LogP contribution in [0.3, 0.4) is 0 Å². The molecule has 0 radical (unpaired) electrons. The Kier molecular flexibility index (Phi) is 3.62. The zero-order chi connectivity index (χ0) is 11.6. The maximum atomic E-state index is 4.50. The summed E-state index contributed by atoms with van der Waals surface area (Å²) >= 11 is 1.73. The topological polar surface area (TPSA) is 28.2 Å². The van der Waals surface area contributed by atoms with Crippen LogP contribution >= 0.6 is 11.3 Å². The Morgan fingerprint density at radius 2 is 2.44 bits per heavy atom. The molecule has 0 aliphatic carbocycles. The van der Waals surface area contributed by atoms with Crippen molar-refractivity contribution in [3.8, 4) is 0 Å². The first-order chi connectivity index (χ1) is 7.57. The third-order valence-electron chi connectivity index (χ3n) is 3.17. The fourth-order valence-corrected chi connectivity index (χ4v) is 3.10. The predicted molar refractivity (Wildman–Crippen MR) is 68.8 cm³/mol. The summed E-state index contributed by atoms with van der Waals surface area (Å²) in [5.74, 6) is 0. The number of rotatable bonds is 4. The molecule has 3 nitrogen and oxygen atoms in total. The second kappa shape index (κ2) is 4.82. The first-order valence-corrected chi connectivity index (χ1v) is 6.80. The number of aromatic nitrogens is 1. The second-order valence-electron chi connectivity index (χ2n) is 5.12. The third-order valence-corrected chi connectivity index (χ3v) is 4.00. The fraction of sp³-hybridized carbons (Fsp3) is 0.750. The standard InChI is InChI=1S/C12H21N3S/c1-10-14-11(8-16-10)7-15(3)9-12(2)5-4-6-13-12/h8,13H,4-7,9H2,1-3H3. The van der Waals surface area contributed by atoms with Crippen LogP contribution in [0, 0.1) is 6.92 Å². The van der Waals surface area contributed by atoms with Gasteiger partial charge in [-0.15, -0.1) is 11.3 Å². The van der Waals surface area contributed by atoms with Crippen LogP contribution in [0.4, 0.5) is 0 Å². The van der Waals surface area contributed by atoms with Gasteiger partial charge in [0.25, 0.3) is 0 Å². The normalized spacial score (nSPS) is 25.5. The Morgan fingerprint density at radius 1 is 1.62 bits per heavy atom. The smallest absolute Gasteiger partial charge is 0.0897 e. The van der Waals surface area contributed by atoms with E-state index in [1.165, 1.54) is 25.1 Å². The highest BCUT2D eigenvalue weighted by Crippen LogP contribution is 2.20. The van der Waals surface area contributed by atoms with Gasteiger partial charge < -0.3 is 5.32 Å². The molecule has 1 aromatic heterocycles. The van der Waals surface area contributed by atoms with Gasteiger partial charge in [0.05, 0.1) is 10.7 Å². The van der Waals surface area contributed by atoms with Gasteiger partial charge in [0.1, 0.15) is 0 Å². The molecule has 2 rings (SSSR count). The summed E-state index contributed by atoms with van der Waals surface area (Å²) in [6, 6.07) is 0. The number of thiazole rings is 1. The lowest BCUT2D eigenvalue weighted by molar-refractivity contribution is 0.232. The molecule has 0 aromatic carbocycles. The molecule has 1 aliphatic heterocycles. The molecule has 1 atom stereocenters. The van der Waals surface area contributed by atoms with Crippen molar-refractivity contribution in [2.75, 3.05) is 20.1 Å². The average Bonchev–Trinajstić information content (AvgIpc) is 2.75. The molecule has 1 saturated heterocycles. The van der Waals surface area contributed by atoms with Crippen molar-refractivity contribution in [1.29, 1.82) is 0 Å². The zero-order valence-corrected chi connectivity index (χ0v) is 11.2. The minimum Gasteiger partial charge on any atom is -0.310 e. The van der Waals surface area contributed by atoms with Crippen molar-refractivity contribution in [3.63, 3.8) is 0 Å². The summed E-state index contributed by atoms with van der Waals surface area (Å²) in [7, 11) is 2.18. The van der Waals surface area contributed by atoms with Gasteiger partial charge in [-0.2, -0.15) is 0 Å². The predicted octanol–water partition coefficient (Wildman–Crippen LogP) is 2.03. The first-order valence-electron chi connectivity index (χ1n) is 5.92. The number of nitrogens with one attached hydrogen (secondary N) is 1. The second-order valence-corrected chi connectivity index (χ2v) is 6.18. The van der Waals surface area contributed by atoms with E-state index in [4.69, 9.17) is 0 Å². The van der Waals surface area contributed by atoms with Crippen LogP contribution in [0.25, 0.3) is 0 Å². The van der Waals surface area contributed by atoms with Crippen LogP contribution in [-0.2, 0) is 6.54 Å². The van der Waals surface area contributed by atoms with E-state index in [1.54, 1.807) is 11.3 Å². The van der Waals surface area contributed by atoms with Crippen molar-refractivity contribution < 1.29 is 0 Å². The molecule has 1 aliphatic rings. The van der Waals surface area contributed by atoms with E-state index in [1.807, 2.05) is 0 Å². The highest BCUT2D eigenvalue weighted by Gasteiger charge is 2.29. The quantitative estimate of drug-likeness (QED) is 0.871. The molecule has 1 N–H and O–H groups in total. The third kappa shape index (κ3) is 3.03. The number of aryl methyl sites for hydroxylation is 1. The lowest BCUT2D eigenvalue weighted by Gasteiger charge is -2.29. The molecule has 4 heteroatoms. The van der Waals surface area contributed by atoms with E-state index in [0.29, 0.717) is 5.54 Å². The highest BCUT2D eigenvalue weighted by atomic mass is 32.1. The van der Waals surface area contributed by atoms with Gasteiger partial charge in [-0.1, -0.05) is 0 Å². The van der Waals surface area contributed by atoms with Crippen molar-refractivity contribution in [2.45, 2.75) is 38.8 Å². The zero-order valence-electron chi connectivity index (χ0n) is 10.4. The molecular formula is C12H21N3S. The molecule has 1 fully saturated rings. The number of nitrogens with zero attached hydrogens (tertiary/aromatic N) is 2. The Hall–Kier alpha value is -0.450. The van der Waals surface area contributed by atoms with Gasteiger partial charge in [-0.3, -0.25) is 4.90 Å². The van der Waals surface area contributed by atoms with E-state index in [-0.39, 0.29) is 0 Å². The van der Waals surface area contributed by atoms with Gasteiger partial charge in [-0.05, 0) is 40.3 Å². The molecule has 1 aromatic rings. The van der Waals surface area contributed by atoms with Crippen molar-refractivity contribution in [3.05, 3.63) is 16.1 Å². The lowest BCUT2D eigenvalue weighted by atomic mass is 10.00. The summed E-state index contributed by atoms with van der Waals surface area (Å²) in [6.45, 7) is 7.61. The van der Waals surface area contributed by atoms with Gasteiger partial charge in [0.15, 0.2) is 0 Å². The molecule has 0 bridgehead atoms. The Bertz CT molecular complexity index is 342. The van der Waals surface area contributed by atoms with Crippen LogP contribution < -0.4 is 5.32 Å². The van der Waals surface area contributed by atoms with Crippen molar-refractivity contribution >= 4 is 11.3 Å². The largest absolute Gasteiger partial charge is 0.310 e. The van der Waals surface area contributed by atoms with Gasteiger partial charge in [0, 0.05) is 24.0 Å². The van der Waals surface area contributed by atoms with E-state index in [2.05, 4.69) is 41.5 Å². The van der Waals surface area contributed by atoms with Crippen molar-refractivity contribution in [2.24, 2.45) is 0 Å². The van der Waals surface area contributed by atoms with E-state index in [0.717, 1.165) is 18.1 Å². The van der Waals surface area contributed by atoms with Crippen molar-refractivity contribution in [1.82, 2.24) is 15.2 Å². The summed E-state index contributed by atoms with van der Waals surface area (Å²) in [4.78, 5) is 6.87. The van der Waals surface area contributed by atoms with Crippen LogP contribution in [0.5, 0.6) is 0 Å². The summed E-state index contributed by atoms with van der Waals surface area (Å²) < 4.78 is 0. The number of hydrogen-bond acceptors (Lipinski definition) is 4. The minimum absolute atomic E-state index is 0.305. The molecule has 0 amide bonds. The van der Waals surface area contributed by atoms with Crippen LogP contribution in [-0.4, -0.2) is 35.6 Å². The van der Waals surface area contributed by atoms with E-state index >= 15 is 0 Å². The van der Waals surface area contributed by atoms with Crippen LogP contribution in [0.15, 0.2) is 5.38 Å². The molecule has 1 unspecified atom stereocenters. The molecule has 0 spiro atoms. The molecule has 2 heterocycles. The molecule has 16 heavy (non-hydrogen) atoms. The molecular weight excluding hydrogens is 218 g/mol. The SMILES string of the molecule is Cc1nc(CN(C)CC2(C)CCCN2)cs1. The van der Waals surface area contributed by atoms with E-state index < -0.39 is 0 Å². The summed E-state index contributed by atoms with van der Waals surface area (Å²) in [5, 5.41) is 6.92. The Morgan fingerprint density at radius 3 is 3.00 bits per heavy atom. The molecule has 0 saturated carbocycles. The first kappa shape index (κ1) is 12.0. The van der Waals surface area contributed by atoms with E-state index in [9.17, 15) is 0 Å². The number of hydrogen-bond donors (Lipinski definition) is 1. The molecule has 90 valence electrons. The van der Waals surface area contributed by atoms with Crippen LogP contribution in [0.2, 0.25) is 0 Å². The highest BCUT2D eigenvalue weighted by molar-refractivity contribution is 7.09. The van der Waals surface area contributed by atoms with Gasteiger partial charge >= 0.3 is 0 Å². The summed E-state index contributed by atoms with van der Waals surface area (Å²) in [5.41, 5.74) is 1.51.